The molecule has 1 fully saturated rings. The second-order valence-corrected chi connectivity index (χ2v) is 6.08. The highest BCUT2D eigenvalue weighted by atomic mass is 16.5. The SMILES string of the molecule is CCOC(=O)CCN1CCN(Cc2ccccc2)C(C(=O)OCC)C1. The Balaban J connectivity index is 1.96. The molecule has 0 bridgehead atoms. The van der Waals surface area contributed by atoms with Crippen molar-refractivity contribution < 1.29 is 19.1 Å². The maximum absolute atomic E-state index is 12.4. The second kappa shape index (κ2) is 10.2. The van der Waals surface area contributed by atoms with Crippen LogP contribution in [0.2, 0.25) is 0 Å². The average Bonchev–Trinajstić information content (AvgIpc) is 2.62. The molecule has 0 radical (unpaired) electrons. The maximum Gasteiger partial charge on any atom is 0.324 e. The molecule has 0 amide bonds. The largest absolute Gasteiger partial charge is 0.466 e. The molecule has 0 aromatic heterocycles. The van der Waals surface area contributed by atoms with Crippen LogP contribution in [0.15, 0.2) is 30.3 Å². The van der Waals surface area contributed by atoms with Gasteiger partial charge in [-0.25, -0.2) is 0 Å². The Morgan fingerprint density at radius 2 is 1.80 bits per heavy atom. The fraction of sp³-hybridized carbons (Fsp3) is 0.579. The van der Waals surface area contributed by atoms with Gasteiger partial charge in [0.05, 0.1) is 19.6 Å². The quantitative estimate of drug-likeness (QED) is 0.667. The van der Waals surface area contributed by atoms with E-state index >= 15 is 0 Å². The fourth-order valence-electron chi connectivity index (χ4n) is 3.03. The van der Waals surface area contributed by atoms with Gasteiger partial charge in [-0.15, -0.1) is 0 Å². The fourth-order valence-corrected chi connectivity index (χ4v) is 3.03. The third kappa shape index (κ3) is 6.14. The summed E-state index contributed by atoms with van der Waals surface area (Å²) in [5, 5.41) is 0. The van der Waals surface area contributed by atoms with Crippen LogP contribution in [0.25, 0.3) is 0 Å². The molecule has 1 atom stereocenters. The average molecular weight is 348 g/mol. The molecule has 138 valence electrons. The van der Waals surface area contributed by atoms with Crippen molar-refractivity contribution in [3.8, 4) is 0 Å². The van der Waals surface area contributed by atoms with E-state index < -0.39 is 0 Å². The molecule has 0 spiro atoms. The van der Waals surface area contributed by atoms with Crippen LogP contribution in [0, 0.1) is 0 Å². The van der Waals surface area contributed by atoms with E-state index in [1.165, 1.54) is 5.56 Å². The zero-order chi connectivity index (χ0) is 18.1. The molecule has 1 heterocycles. The van der Waals surface area contributed by atoms with Crippen LogP contribution in [0.3, 0.4) is 0 Å². The van der Waals surface area contributed by atoms with Gasteiger partial charge < -0.3 is 9.47 Å². The molecule has 1 aliphatic rings. The number of benzene rings is 1. The molecule has 1 aromatic rings. The third-order valence-corrected chi connectivity index (χ3v) is 4.30. The van der Waals surface area contributed by atoms with E-state index in [1.54, 1.807) is 6.92 Å². The van der Waals surface area contributed by atoms with E-state index in [1.807, 2.05) is 25.1 Å². The van der Waals surface area contributed by atoms with Gasteiger partial charge in [-0.3, -0.25) is 19.4 Å². The van der Waals surface area contributed by atoms with E-state index in [9.17, 15) is 9.59 Å². The molecule has 1 unspecified atom stereocenters. The van der Waals surface area contributed by atoms with Gasteiger partial charge in [-0.2, -0.15) is 0 Å². The lowest BCUT2D eigenvalue weighted by Gasteiger charge is -2.40. The van der Waals surface area contributed by atoms with Gasteiger partial charge in [0, 0.05) is 32.7 Å². The first-order chi connectivity index (χ1) is 12.1. The topological polar surface area (TPSA) is 59.1 Å². The minimum atomic E-state index is -0.309. The van der Waals surface area contributed by atoms with E-state index in [-0.39, 0.29) is 18.0 Å². The van der Waals surface area contributed by atoms with Crippen LogP contribution < -0.4 is 0 Å². The van der Waals surface area contributed by atoms with Crippen LogP contribution in [0.1, 0.15) is 25.8 Å². The van der Waals surface area contributed by atoms with Crippen LogP contribution in [-0.4, -0.2) is 67.2 Å². The Hall–Kier alpha value is -1.92. The summed E-state index contributed by atoms with van der Waals surface area (Å²) < 4.78 is 10.2. The molecule has 6 nitrogen and oxygen atoms in total. The minimum Gasteiger partial charge on any atom is -0.466 e. The Bertz CT molecular complexity index is 550. The van der Waals surface area contributed by atoms with Crippen molar-refractivity contribution in [2.75, 3.05) is 39.4 Å². The molecular weight excluding hydrogens is 320 g/mol. The highest BCUT2D eigenvalue weighted by Crippen LogP contribution is 2.16. The summed E-state index contributed by atoms with van der Waals surface area (Å²) in [6.45, 7) is 7.88. The first kappa shape index (κ1) is 19.4. The standard InChI is InChI=1S/C19H28N2O4/c1-3-24-18(22)10-11-20-12-13-21(14-16-8-6-5-7-9-16)17(15-20)19(23)25-4-2/h5-9,17H,3-4,10-15H2,1-2H3. The summed E-state index contributed by atoms with van der Waals surface area (Å²) in [5.41, 5.74) is 1.18. The molecule has 1 aliphatic heterocycles. The van der Waals surface area contributed by atoms with Crippen molar-refractivity contribution in [1.29, 1.82) is 0 Å². The van der Waals surface area contributed by atoms with E-state index in [2.05, 4.69) is 21.9 Å². The zero-order valence-corrected chi connectivity index (χ0v) is 15.1. The van der Waals surface area contributed by atoms with Crippen LogP contribution in [-0.2, 0) is 25.6 Å². The Morgan fingerprint density at radius 3 is 2.48 bits per heavy atom. The van der Waals surface area contributed by atoms with Crippen LogP contribution in [0.4, 0.5) is 0 Å². The Labute approximate surface area is 149 Å². The summed E-state index contributed by atoms with van der Waals surface area (Å²) in [7, 11) is 0. The monoisotopic (exact) mass is 348 g/mol. The minimum absolute atomic E-state index is 0.193. The molecule has 0 N–H and O–H groups in total. The van der Waals surface area contributed by atoms with Gasteiger partial charge in [0.2, 0.25) is 0 Å². The first-order valence-corrected chi connectivity index (χ1v) is 8.96. The van der Waals surface area contributed by atoms with Gasteiger partial charge in [-0.05, 0) is 19.4 Å². The number of nitrogens with zero attached hydrogens (tertiary/aromatic N) is 2. The molecule has 0 saturated carbocycles. The van der Waals surface area contributed by atoms with Crippen LogP contribution in [0.5, 0.6) is 0 Å². The summed E-state index contributed by atoms with van der Waals surface area (Å²) in [4.78, 5) is 28.3. The predicted octanol–water partition coefficient (Wildman–Crippen LogP) is 1.69. The maximum atomic E-state index is 12.4. The molecule has 0 aliphatic carbocycles. The van der Waals surface area contributed by atoms with Gasteiger partial charge in [-0.1, -0.05) is 30.3 Å². The van der Waals surface area contributed by atoms with Gasteiger partial charge in [0.15, 0.2) is 0 Å². The molecule has 1 saturated heterocycles. The van der Waals surface area contributed by atoms with Crippen LogP contribution >= 0.6 is 0 Å². The molecule has 6 heteroatoms. The Morgan fingerprint density at radius 1 is 1.08 bits per heavy atom. The third-order valence-electron chi connectivity index (χ3n) is 4.30. The highest BCUT2D eigenvalue weighted by Gasteiger charge is 2.33. The van der Waals surface area contributed by atoms with Crippen molar-refractivity contribution in [2.45, 2.75) is 32.9 Å². The summed E-state index contributed by atoms with van der Waals surface area (Å²) >= 11 is 0. The molecular formula is C19H28N2O4. The van der Waals surface area contributed by atoms with Crippen molar-refractivity contribution in [3.63, 3.8) is 0 Å². The second-order valence-electron chi connectivity index (χ2n) is 6.08. The van der Waals surface area contributed by atoms with Crippen molar-refractivity contribution in [1.82, 2.24) is 9.80 Å². The van der Waals surface area contributed by atoms with Crippen molar-refractivity contribution in [3.05, 3.63) is 35.9 Å². The smallest absolute Gasteiger partial charge is 0.324 e. The normalized spacial score (nSPS) is 18.7. The van der Waals surface area contributed by atoms with Crippen molar-refractivity contribution in [2.24, 2.45) is 0 Å². The first-order valence-electron chi connectivity index (χ1n) is 8.96. The number of esters is 2. The number of carbonyl (C=O) groups excluding carboxylic acids is 2. The lowest BCUT2D eigenvalue weighted by atomic mass is 10.1. The van der Waals surface area contributed by atoms with E-state index in [0.717, 1.165) is 19.6 Å². The number of hydrogen-bond acceptors (Lipinski definition) is 6. The van der Waals surface area contributed by atoms with E-state index in [4.69, 9.17) is 9.47 Å². The predicted molar refractivity (Wildman–Crippen MR) is 95.0 cm³/mol. The Kier molecular flexibility index (Phi) is 7.88. The summed E-state index contributed by atoms with van der Waals surface area (Å²) in [5.74, 6) is -0.388. The summed E-state index contributed by atoms with van der Waals surface area (Å²) in [6, 6.07) is 9.81. The van der Waals surface area contributed by atoms with Crippen molar-refractivity contribution >= 4 is 11.9 Å². The number of hydrogen-bond donors (Lipinski definition) is 0. The number of piperazine rings is 1. The molecule has 1 aromatic carbocycles. The highest BCUT2D eigenvalue weighted by molar-refractivity contribution is 5.76. The summed E-state index contributed by atoms with van der Waals surface area (Å²) in [6.07, 6.45) is 0.349. The van der Waals surface area contributed by atoms with Gasteiger partial charge in [0.1, 0.15) is 6.04 Å². The van der Waals surface area contributed by atoms with Gasteiger partial charge in [0.25, 0.3) is 0 Å². The molecule has 25 heavy (non-hydrogen) atoms. The number of ether oxygens (including phenoxy) is 2. The number of carbonyl (C=O) groups is 2. The molecule has 2 rings (SSSR count). The number of rotatable bonds is 8. The lowest BCUT2D eigenvalue weighted by Crippen LogP contribution is -2.56. The van der Waals surface area contributed by atoms with Gasteiger partial charge >= 0.3 is 11.9 Å². The van der Waals surface area contributed by atoms with E-state index in [0.29, 0.717) is 32.7 Å². The zero-order valence-electron chi connectivity index (χ0n) is 15.1. The lowest BCUT2D eigenvalue weighted by molar-refractivity contribution is -0.152.